The molecule has 19 heavy (non-hydrogen) atoms. The van der Waals surface area contributed by atoms with Crippen LogP contribution in [0.3, 0.4) is 0 Å². The van der Waals surface area contributed by atoms with Crippen molar-refractivity contribution in [2.75, 3.05) is 12.8 Å². The van der Waals surface area contributed by atoms with Crippen molar-refractivity contribution < 1.29 is 0 Å². The van der Waals surface area contributed by atoms with Crippen LogP contribution in [-0.2, 0) is 13.1 Å². The Morgan fingerprint density at radius 3 is 2.74 bits per heavy atom. The third-order valence-electron chi connectivity index (χ3n) is 4.24. The molecule has 1 aliphatic carbocycles. The predicted molar refractivity (Wildman–Crippen MR) is 83.7 cm³/mol. The van der Waals surface area contributed by atoms with Crippen LogP contribution in [0.5, 0.6) is 0 Å². The standard InChI is InChI=1S/C15H27N3S/c1-4-18-14(10-13(2)17-18)11-16-12-15(19-3)8-6-5-7-9-15/h10,16H,4-9,11-12H2,1-3H3. The summed E-state index contributed by atoms with van der Waals surface area (Å²) < 4.78 is 2.58. The van der Waals surface area contributed by atoms with Crippen LogP contribution in [0, 0.1) is 6.92 Å². The molecule has 1 heterocycles. The van der Waals surface area contributed by atoms with Gasteiger partial charge in [-0.3, -0.25) is 4.68 Å². The first-order chi connectivity index (χ1) is 9.19. The van der Waals surface area contributed by atoms with E-state index in [-0.39, 0.29) is 0 Å². The van der Waals surface area contributed by atoms with Gasteiger partial charge in [0, 0.05) is 24.4 Å². The molecule has 0 aliphatic heterocycles. The average Bonchev–Trinajstić information content (AvgIpc) is 2.80. The van der Waals surface area contributed by atoms with Crippen molar-refractivity contribution in [3.8, 4) is 0 Å². The minimum atomic E-state index is 0.477. The molecule has 1 aromatic rings. The number of hydrogen-bond donors (Lipinski definition) is 1. The minimum Gasteiger partial charge on any atom is -0.310 e. The van der Waals surface area contributed by atoms with Crippen molar-refractivity contribution in [2.24, 2.45) is 0 Å². The van der Waals surface area contributed by atoms with E-state index in [1.165, 1.54) is 37.8 Å². The first kappa shape index (κ1) is 14.9. The third kappa shape index (κ3) is 3.76. The molecule has 2 rings (SSSR count). The highest BCUT2D eigenvalue weighted by atomic mass is 32.2. The van der Waals surface area contributed by atoms with Crippen LogP contribution < -0.4 is 5.32 Å². The Morgan fingerprint density at radius 1 is 1.37 bits per heavy atom. The summed E-state index contributed by atoms with van der Waals surface area (Å²) in [4.78, 5) is 0. The number of rotatable bonds is 6. The van der Waals surface area contributed by atoms with E-state index >= 15 is 0 Å². The zero-order chi connectivity index (χ0) is 13.7. The molecule has 0 unspecified atom stereocenters. The van der Waals surface area contributed by atoms with Crippen LogP contribution in [0.25, 0.3) is 0 Å². The smallest absolute Gasteiger partial charge is 0.0597 e. The molecule has 4 heteroatoms. The Hall–Kier alpha value is -0.480. The Bertz CT molecular complexity index is 394. The second-order valence-electron chi connectivity index (χ2n) is 5.64. The maximum Gasteiger partial charge on any atom is 0.0597 e. The van der Waals surface area contributed by atoms with Gasteiger partial charge in [-0.1, -0.05) is 19.3 Å². The largest absolute Gasteiger partial charge is 0.310 e. The van der Waals surface area contributed by atoms with Gasteiger partial charge in [0.2, 0.25) is 0 Å². The van der Waals surface area contributed by atoms with Crippen LogP contribution in [0.4, 0.5) is 0 Å². The third-order valence-corrected chi connectivity index (χ3v) is 5.65. The lowest BCUT2D eigenvalue weighted by molar-refractivity contribution is 0.377. The minimum absolute atomic E-state index is 0.477. The Labute approximate surface area is 121 Å². The molecule has 108 valence electrons. The molecular formula is C15H27N3S. The lowest BCUT2D eigenvalue weighted by Gasteiger charge is -2.36. The van der Waals surface area contributed by atoms with Gasteiger partial charge in [0.25, 0.3) is 0 Å². The summed E-state index contributed by atoms with van der Waals surface area (Å²) in [5, 5.41) is 8.17. The average molecular weight is 281 g/mol. The molecule has 1 fully saturated rings. The second kappa shape index (κ2) is 6.80. The molecule has 0 atom stereocenters. The molecule has 0 aromatic carbocycles. The molecule has 1 N–H and O–H groups in total. The molecule has 0 saturated heterocycles. The molecule has 1 saturated carbocycles. The summed E-state index contributed by atoms with van der Waals surface area (Å²) in [6.07, 6.45) is 9.22. The van der Waals surface area contributed by atoms with E-state index in [2.05, 4.69) is 53.0 Å². The summed E-state index contributed by atoms with van der Waals surface area (Å²) in [6.45, 7) is 7.25. The van der Waals surface area contributed by atoms with E-state index in [4.69, 9.17) is 0 Å². The Kier molecular flexibility index (Phi) is 5.34. The molecule has 0 bridgehead atoms. The lowest BCUT2D eigenvalue weighted by atomic mass is 9.88. The quantitative estimate of drug-likeness (QED) is 0.867. The van der Waals surface area contributed by atoms with Gasteiger partial charge in [0.05, 0.1) is 11.4 Å². The van der Waals surface area contributed by atoms with Gasteiger partial charge < -0.3 is 5.32 Å². The lowest BCUT2D eigenvalue weighted by Crippen LogP contribution is -2.39. The summed E-state index contributed by atoms with van der Waals surface area (Å²) in [5.41, 5.74) is 2.43. The monoisotopic (exact) mass is 281 g/mol. The number of nitrogens with zero attached hydrogens (tertiary/aromatic N) is 2. The zero-order valence-corrected chi connectivity index (χ0v) is 13.4. The summed E-state index contributed by atoms with van der Waals surface area (Å²) in [6, 6.07) is 2.20. The maximum atomic E-state index is 4.50. The summed E-state index contributed by atoms with van der Waals surface area (Å²) in [7, 11) is 0. The Balaban J connectivity index is 1.88. The molecule has 0 radical (unpaired) electrons. The van der Waals surface area contributed by atoms with Crippen LogP contribution in [0.1, 0.15) is 50.4 Å². The molecular weight excluding hydrogens is 254 g/mol. The molecule has 3 nitrogen and oxygen atoms in total. The van der Waals surface area contributed by atoms with E-state index in [0.29, 0.717) is 4.75 Å². The van der Waals surface area contributed by atoms with Crippen LogP contribution in [0.15, 0.2) is 6.07 Å². The van der Waals surface area contributed by atoms with Crippen molar-refractivity contribution in [2.45, 2.75) is 63.8 Å². The molecule has 0 amide bonds. The SMILES string of the molecule is CCn1nc(C)cc1CNCC1(SC)CCCCC1. The zero-order valence-electron chi connectivity index (χ0n) is 12.5. The molecule has 1 aliphatic rings. The fourth-order valence-corrected chi connectivity index (χ4v) is 4.03. The van der Waals surface area contributed by atoms with Crippen molar-refractivity contribution >= 4 is 11.8 Å². The topological polar surface area (TPSA) is 29.9 Å². The summed E-state index contributed by atoms with van der Waals surface area (Å²) in [5.74, 6) is 0. The van der Waals surface area contributed by atoms with Crippen LogP contribution >= 0.6 is 11.8 Å². The van der Waals surface area contributed by atoms with Gasteiger partial charge in [-0.2, -0.15) is 16.9 Å². The van der Waals surface area contributed by atoms with E-state index in [1.54, 1.807) is 0 Å². The van der Waals surface area contributed by atoms with Crippen LogP contribution in [0.2, 0.25) is 0 Å². The van der Waals surface area contributed by atoms with Crippen molar-refractivity contribution in [3.05, 3.63) is 17.5 Å². The summed E-state index contributed by atoms with van der Waals surface area (Å²) >= 11 is 2.06. The number of aromatic nitrogens is 2. The highest BCUT2D eigenvalue weighted by Gasteiger charge is 2.30. The van der Waals surface area contributed by atoms with Gasteiger partial charge >= 0.3 is 0 Å². The molecule has 1 aromatic heterocycles. The van der Waals surface area contributed by atoms with Gasteiger partial charge in [-0.05, 0) is 39.0 Å². The van der Waals surface area contributed by atoms with E-state index < -0.39 is 0 Å². The number of aryl methyl sites for hydroxylation is 2. The van der Waals surface area contributed by atoms with Gasteiger partial charge in [0.1, 0.15) is 0 Å². The van der Waals surface area contributed by atoms with E-state index in [1.807, 2.05) is 0 Å². The number of hydrogen-bond acceptors (Lipinski definition) is 3. The van der Waals surface area contributed by atoms with Gasteiger partial charge in [0.15, 0.2) is 0 Å². The predicted octanol–water partition coefficient (Wildman–Crippen LogP) is 3.37. The van der Waals surface area contributed by atoms with Crippen LogP contribution in [-0.4, -0.2) is 27.3 Å². The maximum absolute atomic E-state index is 4.50. The Morgan fingerprint density at radius 2 is 2.11 bits per heavy atom. The fraction of sp³-hybridized carbons (Fsp3) is 0.800. The highest BCUT2D eigenvalue weighted by molar-refractivity contribution is 8.00. The first-order valence-electron chi connectivity index (χ1n) is 7.48. The van der Waals surface area contributed by atoms with Crippen molar-refractivity contribution in [1.82, 2.24) is 15.1 Å². The highest BCUT2D eigenvalue weighted by Crippen LogP contribution is 2.37. The number of nitrogens with one attached hydrogen (secondary N) is 1. The first-order valence-corrected chi connectivity index (χ1v) is 8.71. The van der Waals surface area contributed by atoms with Gasteiger partial charge in [-0.25, -0.2) is 0 Å². The van der Waals surface area contributed by atoms with Crippen molar-refractivity contribution in [1.29, 1.82) is 0 Å². The number of thioether (sulfide) groups is 1. The van der Waals surface area contributed by atoms with E-state index in [9.17, 15) is 0 Å². The molecule has 0 spiro atoms. The van der Waals surface area contributed by atoms with Crippen molar-refractivity contribution in [3.63, 3.8) is 0 Å². The van der Waals surface area contributed by atoms with E-state index in [0.717, 1.165) is 25.3 Å². The second-order valence-corrected chi connectivity index (χ2v) is 6.92. The normalized spacial score (nSPS) is 18.7. The fourth-order valence-electron chi connectivity index (χ4n) is 3.08. The van der Waals surface area contributed by atoms with Gasteiger partial charge in [-0.15, -0.1) is 0 Å².